The van der Waals surface area contributed by atoms with Gasteiger partial charge < -0.3 is 19.6 Å². The number of carbonyl (C=O) groups is 1. The van der Waals surface area contributed by atoms with Gasteiger partial charge in [-0.2, -0.15) is 0 Å². The number of nitrogens with zero attached hydrogens (tertiary/aromatic N) is 4. The van der Waals surface area contributed by atoms with Crippen molar-refractivity contribution < 1.29 is 19.0 Å². The van der Waals surface area contributed by atoms with E-state index in [1.54, 1.807) is 43.3 Å². The van der Waals surface area contributed by atoms with E-state index >= 15 is 0 Å². The lowest BCUT2D eigenvalue weighted by molar-refractivity contribution is 0.0474. The van der Waals surface area contributed by atoms with Crippen LogP contribution in [0.2, 0.25) is 0 Å². The van der Waals surface area contributed by atoms with Crippen LogP contribution in [0, 0.1) is 5.92 Å². The molecule has 2 aliphatic heterocycles. The Bertz CT molecular complexity index is 938. The molecule has 1 amide bonds. The molecule has 0 saturated carbocycles. The number of likely N-dealkylation sites (tertiary alicyclic amines) is 2. The molecule has 2 saturated heterocycles. The van der Waals surface area contributed by atoms with E-state index in [2.05, 4.69) is 14.9 Å². The fourth-order valence-corrected chi connectivity index (χ4v) is 4.69. The van der Waals surface area contributed by atoms with E-state index in [4.69, 9.17) is 4.74 Å². The molecule has 1 aromatic heterocycles. The first-order valence-corrected chi connectivity index (χ1v) is 12.2. The number of alkyl halides is 1. The van der Waals surface area contributed by atoms with Crippen LogP contribution >= 0.6 is 0 Å². The zero-order chi connectivity index (χ0) is 24.1. The summed E-state index contributed by atoms with van der Waals surface area (Å²) in [6, 6.07) is 7.32. The summed E-state index contributed by atoms with van der Waals surface area (Å²) >= 11 is 0. The maximum absolute atomic E-state index is 13.8. The Kier molecular flexibility index (Phi) is 7.78. The van der Waals surface area contributed by atoms with Crippen molar-refractivity contribution >= 4 is 5.91 Å². The van der Waals surface area contributed by atoms with E-state index in [9.17, 15) is 14.3 Å². The molecule has 0 spiro atoms. The van der Waals surface area contributed by atoms with Crippen LogP contribution in [0.1, 0.15) is 49.9 Å². The predicted molar refractivity (Wildman–Crippen MR) is 128 cm³/mol. The monoisotopic (exact) mass is 470 g/mol. The molecule has 4 rings (SSSR count). The third kappa shape index (κ3) is 6.73. The first kappa shape index (κ1) is 24.5. The zero-order valence-corrected chi connectivity index (χ0v) is 20.1. The number of benzene rings is 1. The number of aliphatic hydroxyl groups is 1. The van der Waals surface area contributed by atoms with Crippen LogP contribution in [0.4, 0.5) is 4.39 Å². The molecule has 1 atom stereocenters. The third-order valence-corrected chi connectivity index (χ3v) is 6.51. The van der Waals surface area contributed by atoms with Crippen molar-refractivity contribution in [3.8, 4) is 17.1 Å². The van der Waals surface area contributed by atoms with Crippen molar-refractivity contribution in [2.24, 2.45) is 5.92 Å². The maximum Gasteiger partial charge on any atom is 0.253 e. The predicted octanol–water partition coefficient (Wildman–Crippen LogP) is 3.58. The summed E-state index contributed by atoms with van der Waals surface area (Å²) in [5.41, 5.74) is 1.03. The summed E-state index contributed by atoms with van der Waals surface area (Å²) in [6.07, 6.45) is 6.43. The number of ether oxygens (including phenoxy) is 1. The van der Waals surface area contributed by atoms with Crippen molar-refractivity contribution in [3.63, 3.8) is 0 Å². The zero-order valence-electron chi connectivity index (χ0n) is 20.1. The van der Waals surface area contributed by atoms with E-state index in [1.807, 2.05) is 12.1 Å². The number of amides is 1. The molecule has 2 fully saturated rings. The van der Waals surface area contributed by atoms with E-state index in [1.165, 1.54) is 0 Å². The number of aliphatic hydroxyl groups excluding tert-OH is 1. The summed E-state index contributed by atoms with van der Waals surface area (Å²) in [4.78, 5) is 25.4. The molecular weight excluding hydrogens is 435 g/mol. The summed E-state index contributed by atoms with van der Waals surface area (Å²) in [6.45, 7) is 7.17. The summed E-state index contributed by atoms with van der Waals surface area (Å²) in [5.74, 6) is 0.873. The fourth-order valence-electron chi connectivity index (χ4n) is 4.69. The molecule has 0 radical (unpaired) electrons. The van der Waals surface area contributed by atoms with E-state index in [0.29, 0.717) is 49.3 Å². The second-order valence-corrected chi connectivity index (χ2v) is 10.1. The van der Waals surface area contributed by atoms with Gasteiger partial charge in [0.2, 0.25) is 5.88 Å². The first-order chi connectivity index (χ1) is 16.3. The van der Waals surface area contributed by atoms with Crippen molar-refractivity contribution in [1.82, 2.24) is 19.8 Å². The molecule has 184 valence electrons. The molecule has 2 aromatic rings. The van der Waals surface area contributed by atoms with Crippen LogP contribution in [0.3, 0.4) is 0 Å². The lowest BCUT2D eigenvalue weighted by Gasteiger charge is -2.34. The molecule has 2 aliphatic rings. The van der Waals surface area contributed by atoms with Crippen LogP contribution in [-0.4, -0.2) is 81.9 Å². The summed E-state index contributed by atoms with van der Waals surface area (Å²) in [5, 5.41) is 9.82. The second kappa shape index (κ2) is 10.8. The number of rotatable bonds is 7. The molecule has 0 bridgehead atoms. The Labute approximate surface area is 201 Å². The average Bonchev–Trinajstić information content (AvgIpc) is 2.83. The highest BCUT2D eigenvalue weighted by atomic mass is 19.1. The average molecular weight is 471 g/mol. The minimum Gasteiger partial charge on any atom is -0.476 e. The third-order valence-electron chi connectivity index (χ3n) is 6.51. The van der Waals surface area contributed by atoms with Crippen LogP contribution in [0.15, 0.2) is 36.7 Å². The standard InChI is InChI=1S/C26H35FN4O3/c1-26(2,27)18-30-12-9-19(10-13-30)17-34-24-15-28-23(14-29-24)20-5-7-21(8-6-20)25(33)31-11-3-4-22(32)16-31/h5-8,14-15,19,22,32H,3-4,9-13,16-18H2,1-2H3/t22-/m0/s1. The van der Waals surface area contributed by atoms with Gasteiger partial charge in [-0.3, -0.25) is 4.79 Å². The number of piperidine rings is 2. The van der Waals surface area contributed by atoms with E-state index < -0.39 is 11.8 Å². The summed E-state index contributed by atoms with van der Waals surface area (Å²) < 4.78 is 19.7. The van der Waals surface area contributed by atoms with Crippen molar-refractivity contribution in [3.05, 3.63) is 42.2 Å². The Morgan fingerprint density at radius 1 is 1.12 bits per heavy atom. The fraction of sp³-hybridized carbons (Fsp3) is 0.577. The van der Waals surface area contributed by atoms with Gasteiger partial charge >= 0.3 is 0 Å². The number of β-amino-alcohol motifs (C(OH)–C–C–N with tert-alkyl or cyclic N) is 1. The quantitative estimate of drug-likeness (QED) is 0.667. The maximum atomic E-state index is 13.8. The highest BCUT2D eigenvalue weighted by Crippen LogP contribution is 2.23. The number of hydrogen-bond donors (Lipinski definition) is 1. The topological polar surface area (TPSA) is 78.8 Å². The normalized spacial score (nSPS) is 20.4. The molecule has 34 heavy (non-hydrogen) atoms. The molecule has 1 aromatic carbocycles. The largest absolute Gasteiger partial charge is 0.476 e. The second-order valence-electron chi connectivity index (χ2n) is 10.1. The van der Waals surface area contributed by atoms with Gasteiger partial charge in [-0.25, -0.2) is 14.4 Å². The molecule has 0 aliphatic carbocycles. The summed E-state index contributed by atoms with van der Waals surface area (Å²) in [7, 11) is 0. The number of halogens is 1. The van der Waals surface area contributed by atoms with Crippen molar-refractivity contribution in [2.75, 3.05) is 39.3 Å². The van der Waals surface area contributed by atoms with Gasteiger partial charge in [-0.1, -0.05) is 12.1 Å². The number of hydrogen-bond acceptors (Lipinski definition) is 6. The van der Waals surface area contributed by atoms with Gasteiger partial charge in [0, 0.05) is 30.8 Å². The molecular formula is C26H35FN4O3. The number of carbonyl (C=O) groups excluding carboxylic acids is 1. The molecule has 3 heterocycles. The van der Waals surface area contributed by atoms with Crippen molar-refractivity contribution in [2.45, 2.75) is 51.3 Å². The van der Waals surface area contributed by atoms with Crippen LogP contribution in [-0.2, 0) is 0 Å². The van der Waals surface area contributed by atoms with Gasteiger partial charge in [-0.05, 0) is 70.7 Å². The lowest BCUT2D eigenvalue weighted by Crippen LogP contribution is -2.42. The van der Waals surface area contributed by atoms with Crippen LogP contribution in [0.5, 0.6) is 5.88 Å². The Balaban J connectivity index is 1.26. The highest BCUT2D eigenvalue weighted by Gasteiger charge is 2.26. The van der Waals surface area contributed by atoms with Crippen LogP contribution in [0.25, 0.3) is 11.3 Å². The number of aromatic nitrogens is 2. The van der Waals surface area contributed by atoms with Gasteiger partial charge in [0.15, 0.2) is 0 Å². The van der Waals surface area contributed by atoms with Gasteiger partial charge in [0.1, 0.15) is 5.67 Å². The van der Waals surface area contributed by atoms with Gasteiger partial charge in [0.25, 0.3) is 5.91 Å². The molecule has 7 nitrogen and oxygen atoms in total. The van der Waals surface area contributed by atoms with Crippen LogP contribution < -0.4 is 4.74 Å². The molecule has 1 N–H and O–H groups in total. The molecule has 0 unspecified atom stereocenters. The Hall–Kier alpha value is -2.58. The Morgan fingerprint density at radius 3 is 2.47 bits per heavy atom. The highest BCUT2D eigenvalue weighted by molar-refractivity contribution is 5.94. The van der Waals surface area contributed by atoms with Gasteiger partial charge in [0.05, 0.1) is 30.8 Å². The minimum atomic E-state index is -1.16. The van der Waals surface area contributed by atoms with E-state index in [-0.39, 0.29) is 5.91 Å². The van der Waals surface area contributed by atoms with Gasteiger partial charge in [-0.15, -0.1) is 0 Å². The molecule has 8 heteroatoms. The minimum absolute atomic E-state index is 0.0561. The SMILES string of the molecule is CC(C)(F)CN1CCC(COc2cnc(-c3ccc(C(=O)N4CCC[C@H](O)C4)cc3)cn2)CC1. The lowest BCUT2D eigenvalue weighted by atomic mass is 9.97. The Morgan fingerprint density at radius 2 is 1.85 bits per heavy atom. The first-order valence-electron chi connectivity index (χ1n) is 12.2. The van der Waals surface area contributed by atoms with E-state index in [0.717, 1.165) is 44.3 Å². The van der Waals surface area contributed by atoms with Crippen molar-refractivity contribution in [1.29, 1.82) is 0 Å². The smallest absolute Gasteiger partial charge is 0.253 e.